The van der Waals surface area contributed by atoms with E-state index >= 15 is 0 Å². The summed E-state index contributed by atoms with van der Waals surface area (Å²) in [4.78, 5) is 34.5. The lowest BCUT2D eigenvalue weighted by molar-refractivity contribution is -0.148. The average molecular weight is 376 g/mol. The molecule has 0 aliphatic heterocycles. The molecule has 1 aliphatic rings. The maximum absolute atomic E-state index is 12.0. The first-order chi connectivity index (χ1) is 12.7. The lowest BCUT2D eigenvalue weighted by atomic mass is 10.0. The predicted molar refractivity (Wildman–Crippen MR) is 98.6 cm³/mol. The van der Waals surface area contributed by atoms with Crippen molar-refractivity contribution in [1.29, 1.82) is 0 Å². The number of hydrogen-bond acceptors (Lipinski definition) is 8. The third kappa shape index (κ3) is 3.45. The predicted octanol–water partition coefficient (Wildman–Crippen LogP) is -0.294. The van der Waals surface area contributed by atoms with E-state index in [2.05, 4.69) is 21.5 Å². The highest BCUT2D eigenvalue weighted by Crippen LogP contribution is 2.40. The fourth-order valence-corrected chi connectivity index (χ4v) is 3.26. The molecule has 6 N–H and O–H groups in total. The third-order valence-corrected chi connectivity index (χ3v) is 5.02. The van der Waals surface area contributed by atoms with Crippen molar-refractivity contribution in [2.24, 2.45) is 17.6 Å². The summed E-state index contributed by atoms with van der Waals surface area (Å²) in [5.41, 5.74) is 12.1. The van der Waals surface area contributed by atoms with Gasteiger partial charge < -0.3 is 25.9 Å². The minimum Gasteiger partial charge on any atom is -0.464 e. The number of fused-ring (bicyclic) bond motifs is 1. The number of anilines is 1. The summed E-state index contributed by atoms with van der Waals surface area (Å²) in [5.74, 6) is -1.03. The van der Waals surface area contributed by atoms with Crippen LogP contribution in [0.4, 0.5) is 5.95 Å². The van der Waals surface area contributed by atoms with Crippen molar-refractivity contribution in [2.45, 2.75) is 38.5 Å². The van der Waals surface area contributed by atoms with E-state index in [0.29, 0.717) is 17.6 Å². The zero-order chi connectivity index (χ0) is 19.9. The zero-order valence-electron chi connectivity index (χ0n) is 15.3. The molecule has 4 atom stereocenters. The molecule has 0 amide bonds. The minimum atomic E-state index is -0.762. The van der Waals surface area contributed by atoms with E-state index in [4.69, 9.17) is 16.2 Å². The van der Waals surface area contributed by atoms with Crippen molar-refractivity contribution < 1.29 is 14.6 Å². The molecular weight excluding hydrogens is 352 g/mol. The largest absolute Gasteiger partial charge is 0.464 e. The van der Waals surface area contributed by atoms with Crippen molar-refractivity contribution in [3.63, 3.8) is 0 Å². The van der Waals surface area contributed by atoms with Crippen LogP contribution in [-0.4, -0.2) is 49.3 Å². The van der Waals surface area contributed by atoms with E-state index in [-0.39, 0.29) is 30.0 Å². The van der Waals surface area contributed by atoms with Crippen LogP contribution in [0.3, 0.4) is 0 Å². The van der Waals surface area contributed by atoms with Gasteiger partial charge in [0.1, 0.15) is 12.6 Å². The van der Waals surface area contributed by atoms with Crippen LogP contribution in [0.25, 0.3) is 11.2 Å². The Labute approximate surface area is 155 Å². The number of imidazole rings is 1. The minimum absolute atomic E-state index is 0.0153. The number of rotatable bonds is 5. The number of ether oxygens (including phenoxy) is 1. The van der Waals surface area contributed by atoms with Crippen LogP contribution in [-0.2, 0) is 9.53 Å². The fourth-order valence-electron chi connectivity index (χ4n) is 3.26. The normalized spacial score (nSPS) is 23.9. The standard InChI is InChI=1S/C17H24N6O4/c1-7(2)12(18)16(26)27-5-9-8(3)10(4-11(9)24)23-6-20-13-14(23)21-17(19)22-15(13)25/h6-7,9-12,24H,3-5,18H2,1-2H3,(H3,19,21,22,25)/t9-,10-,11-,12-/m0/s1. The molecule has 0 saturated heterocycles. The summed E-state index contributed by atoms with van der Waals surface area (Å²) < 4.78 is 6.94. The molecule has 2 aromatic rings. The van der Waals surface area contributed by atoms with E-state index in [1.807, 2.05) is 13.8 Å². The average Bonchev–Trinajstić information content (AvgIpc) is 3.13. The second-order valence-corrected chi connectivity index (χ2v) is 7.18. The highest BCUT2D eigenvalue weighted by atomic mass is 16.5. The van der Waals surface area contributed by atoms with Gasteiger partial charge in [-0.3, -0.25) is 14.6 Å². The summed E-state index contributed by atoms with van der Waals surface area (Å²) in [6.07, 6.45) is 1.04. The van der Waals surface area contributed by atoms with E-state index < -0.39 is 29.6 Å². The first kappa shape index (κ1) is 19.1. The topological polar surface area (TPSA) is 162 Å². The van der Waals surface area contributed by atoms with Gasteiger partial charge in [0.15, 0.2) is 11.2 Å². The molecule has 0 spiro atoms. The van der Waals surface area contributed by atoms with Crippen LogP contribution in [0.5, 0.6) is 0 Å². The first-order valence-corrected chi connectivity index (χ1v) is 8.72. The number of hydrogen-bond donors (Lipinski definition) is 4. The van der Waals surface area contributed by atoms with Crippen LogP contribution in [0.1, 0.15) is 26.3 Å². The quantitative estimate of drug-likeness (QED) is 0.408. The molecule has 146 valence electrons. The number of aromatic nitrogens is 4. The summed E-state index contributed by atoms with van der Waals surface area (Å²) in [6.45, 7) is 7.70. The molecule has 0 aromatic carbocycles. The monoisotopic (exact) mass is 376 g/mol. The van der Waals surface area contributed by atoms with Gasteiger partial charge in [-0.1, -0.05) is 20.4 Å². The number of H-pyrrole nitrogens is 1. The molecule has 0 bridgehead atoms. The summed E-state index contributed by atoms with van der Waals surface area (Å²) in [6, 6.07) is -1.06. The van der Waals surface area contributed by atoms with E-state index in [1.165, 1.54) is 6.33 Å². The number of aromatic amines is 1. The molecule has 10 heteroatoms. The number of nitrogens with two attached hydrogens (primary N) is 2. The zero-order valence-corrected chi connectivity index (χ0v) is 15.3. The molecule has 10 nitrogen and oxygen atoms in total. The van der Waals surface area contributed by atoms with E-state index in [1.54, 1.807) is 4.57 Å². The number of esters is 1. The lowest BCUT2D eigenvalue weighted by Gasteiger charge is -2.20. The molecule has 2 aromatic heterocycles. The Morgan fingerprint density at radius 3 is 2.93 bits per heavy atom. The Kier molecular flexibility index (Phi) is 5.03. The van der Waals surface area contributed by atoms with Gasteiger partial charge >= 0.3 is 5.97 Å². The Morgan fingerprint density at radius 1 is 1.56 bits per heavy atom. The molecular formula is C17H24N6O4. The smallest absolute Gasteiger partial charge is 0.323 e. The molecule has 0 radical (unpaired) electrons. The molecule has 27 heavy (non-hydrogen) atoms. The Hall–Kier alpha value is -2.72. The van der Waals surface area contributed by atoms with Crippen LogP contribution in [0.2, 0.25) is 0 Å². The second-order valence-electron chi connectivity index (χ2n) is 7.18. The Balaban J connectivity index is 1.80. The Bertz CT molecular complexity index is 933. The van der Waals surface area contributed by atoms with Gasteiger partial charge in [0.2, 0.25) is 5.95 Å². The molecule has 3 rings (SSSR count). The SMILES string of the molecule is C=C1[C@H](COC(=O)[C@@H](N)C(C)C)[C@@H](O)C[C@@H]1n1cnc2c(=O)[nH]c(N)nc21. The van der Waals surface area contributed by atoms with E-state index in [9.17, 15) is 14.7 Å². The molecule has 0 unspecified atom stereocenters. The second kappa shape index (κ2) is 7.12. The number of carbonyl (C=O) groups is 1. The van der Waals surface area contributed by atoms with Gasteiger partial charge in [0.05, 0.1) is 18.5 Å². The van der Waals surface area contributed by atoms with Crippen LogP contribution < -0.4 is 17.0 Å². The Morgan fingerprint density at radius 2 is 2.26 bits per heavy atom. The van der Waals surface area contributed by atoms with Crippen molar-refractivity contribution in [3.05, 3.63) is 28.8 Å². The number of aliphatic hydroxyl groups excluding tert-OH is 1. The lowest BCUT2D eigenvalue weighted by Crippen LogP contribution is -2.38. The highest BCUT2D eigenvalue weighted by molar-refractivity contribution is 5.75. The summed E-state index contributed by atoms with van der Waals surface area (Å²) in [5, 5.41) is 10.4. The van der Waals surface area contributed by atoms with Crippen LogP contribution >= 0.6 is 0 Å². The van der Waals surface area contributed by atoms with Crippen molar-refractivity contribution in [1.82, 2.24) is 19.5 Å². The highest BCUT2D eigenvalue weighted by Gasteiger charge is 2.39. The third-order valence-electron chi connectivity index (χ3n) is 5.02. The maximum Gasteiger partial charge on any atom is 0.323 e. The summed E-state index contributed by atoms with van der Waals surface area (Å²) in [7, 11) is 0. The van der Waals surface area contributed by atoms with E-state index in [0.717, 1.165) is 0 Å². The van der Waals surface area contributed by atoms with Gasteiger partial charge in [0.25, 0.3) is 5.56 Å². The number of nitrogens with one attached hydrogen (secondary N) is 1. The van der Waals surface area contributed by atoms with Gasteiger partial charge in [0, 0.05) is 5.92 Å². The number of carbonyl (C=O) groups excluding carboxylic acids is 1. The van der Waals surface area contributed by atoms with Gasteiger partial charge in [-0.2, -0.15) is 4.98 Å². The number of nitrogen functional groups attached to an aromatic ring is 1. The number of aliphatic hydroxyl groups is 1. The van der Waals surface area contributed by atoms with Crippen LogP contribution in [0, 0.1) is 11.8 Å². The van der Waals surface area contributed by atoms with Gasteiger partial charge in [-0.05, 0) is 17.9 Å². The van der Waals surface area contributed by atoms with Gasteiger partial charge in [-0.15, -0.1) is 0 Å². The number of nitrogens with zero attached hydrogens (tertiary/aromatic N) is 3. The van der Waals surface area contributed by atoms with Crippen LogP contribution in [0.15, 0.2) is 23.3 Å². The van der Waals surface area contributed by atoms with Crippen molar-refractivity contribution in [2.75, 3.05) is 12.3 Å². The summed E-state index contributed by atoms with van der Waals surface area (Å²) >= 11 is 0. The van der Waals surface area contributed by atoms with Gasteiger partial charge in [-0.25, -0.2) is 4.98 Å². The molecule has 1 saturated carbocycles. The molecule has 1 aliphatic carbocycles. The van der Waals surface area contributed by atoms with Crippen molar-refractivity contribution >= 4 is 23.1 Å². The fraction of sp³-hybridized carbons (Fsp3) is 0.529. The first-order valence-electron chi connectivity index (χ1n) is 8.72. The maximum atomic E-state index is 12.0. The van der Waals surface area contributed by atoms with Crippen molar-refractivity contribution in [3.8, 4) is 0 Å². The molecule has 1 fully saturated rings. The molecule has 2 heterocycles.